The lowest BCUT2D eigenvalue weighted by Crippen LogP contribution is -2.11. The number of carbonyl (C=O) groups excluding carboxylic acids is 1. The number of benzene rings is 2. The molecule has 0 radical (unpaired) electrons. The summed E-state index contributed by atoms with van der Waals surface area (Å²) in [5.74, 6) is -0.254. The quantitative estimate of drug-likeness (QED) is 0.928. The molecule has 2 aromatic carbocycles. The lowest BCUT2D eigenvalue weighted by molar-refractivity contribution is -0.117. The zero-order valence-corrected chi connectivity index (χ0v) is 11.8. The van der Waals surface area contributed by atoms with Gasteiger partial charge >= 0.3 is 0 Å². The van der Waals surface area contributed by atoms with Gasteiger partial charge in [0.05, 0.1) is 0 Å². The molecule has 0 bridgehead atoms. The summed E-state index contributed by atoms with van der Waals surface area (Å²) in [6.07, 6.45) is 3.21. The molecule has 0 unspecified atom stereocenters. The number of hydrogen-bond acceptors (Lipinski definition) is 2. The van der Waals surface area contributed by atoms with Crippen LogP contribution in [0.5, 0.6) is 0 Å². The molecular weight excluding hydrogens is 266 g/mol. The van der Waals surface area contributed by atoms with Gasteiger partial charge in [-0.25, -0.2) is 0 Å². The van der Waals surface area contributed by atoms with Gasteiger partial charge < -0.3 is 5.73 Å². The summed E-state index contributed by atoms with van der Waals surface area (Å²) in [6, 6.07) is 14.6. The summed E-state index contributed by atoms with van der Waals surface area (Å²) < 4.78 is 0. The Morgan fingerprint density at radius 1 is 1.10 bits per heavy atom. The monoisotopic (exact) mass is 281 g/mol. The van der Waals surface area contributed by atoms with E-state index in [1.807, 2.05) is 12.1 Å². The van der Waals surface area contributed by atoms with Gasteiger partial charge in [-0.3, -0.25) is 4.79 Å². The smallest absolute Gasteiger partial charge is 0.217 e. The first-order valence-electron chi connectivity index (χ1n) is 6.58. The molecule has 3 heteroatoms. The highest BCUT2D eigenvalue weighted by Gasteiger charge is 2.15. The molecular formula is C17H15NOS. The van der Waals surface area contributed by atoms with Gasteiger partial charge in [-0.2, -0.15) is 0 Å². The number of aryl methyl sites for hydroxylation is 1. The van der Waals surface area contributed by atoms with Crippen molar-refractivity contribution >= 4 is 23.7 Å². The van der Waals surface area contributed by atoms with Gasteiger partial charge in [0, 0.05) is 11.3 Å². The molecule has 20 heavy (non-hydrogen) atoms. The Labute approximate surface area is 122 Å². The summed E-state index contributed by atoms with van der Waals surface area (Å²) in [5.41, 5.74) is 10.1. The number of carbonyl (C=O) groups is 1. The van der Waals surface area contributed by atoms with Gasteiger partial charge in [-0.15, -0.1) is 0 Å². The highest BCUT2D eigenvalue weighted by Crippen LogP contribution is 2.40. The molecule has 2 aromatic rings. The maximum Gasteiger partial charge on any atom is 0.217 e. The normalized spacial score (nSPS) is 12.4. The highest BCUT2D eigenvalue weighted by atomic mass is 32.2. The van der Waals surface area contributed by atoms with Gasteiger partial charge in [0.25, 0.3) is 0 Å². The summed E-state index contributed by atoms with van der Waals surface area (Å²) in [4.78, 5) is 12.3. The van der Waals surface area contributed by atoms with Crippen molar-refractivity contribution in [2.24, 2.45) is 5.73 Å². The Morgan fingerprint density at radius 3 is 2.80 bits per heavy atom. The summed E-state index contributed by atoms with van der Waals surface area (Å²) in [6.45, 7) is 0. The maximum atomic E-state index is 11.1. The van der Waals surface area contributed by atoms with Crippen molar-refractivity contribution in [3.05, 3.63) is 59.0 Å². The molecule has 0 saturated heterocycles. The van der Waals surface area contributed by atoms with Gasteiger partial charge in [-0.1, -0.05) is 48.2 Å². The van der Waals surface area contributed by atoms with Crippen LogP contribution in [0.4, 0.5) is 0 Å². The molecule has 0 saturated carbocycles. The molecule has 1 heterocycles. The zero-order chi connectivity index (χ0) is 13.9. The van der Waals surface area contributed by atoms with Crippen LogP contribution in [-0.2, 0) is 11.2 Å². The third-order valence-corrected chi connectivity index (χ3v) is 4.29. The van der Waals surface area contributed by atoms with E-state index in [9.17, 15) is 4.79 Å². The van der Waals surface area contributed by atoms with E-state index in [0.29, 0.717) is 12.8 Å². The number of thioether (sulfide) groups is 1. The van der Waals surface area contributed by atoms with Crippen LogP contribution in [0.2, 0.25) is 0 Å². The third kappa shape index (κ3) is 2.49. The van der Waals surface area contributed by atoms with Crippen molar-refractivity contribution in [2.75, 3.05) is 0 Å². The second kappa shape index (κ2) is 5.55. The summed E-state index contributed by atoms with van der Waals surface area (Å²) in [7, 11) is 0. The molecule has 0 atom stereocenters. The van der Waals surface area contributed by atoms with Crippen molar-refractivity contribution in [2.45, 2.75) is 17.7 Å². The van der Waals surface area contributed by atoms with E-state index in [2.05, 4.69) is 41.8 Å². The molecule has 0 aliphatic carbocycles. The third-order valence-electron chi connectivity index (χ3n) is 3.43. The van der Waals surface area contributed by atoms with Gasteiger partial charge in [-0.05, 0) is 46.2 Å². The van der Waals surface area contributed by atoms with Crippen LogP contribution in [0.3, 0.4) is 0 Å². The Kier molecular flexibility index (Phi) is 3.61. The molecule has 0 fully saturated rings. The fourth-order valence-corrected chi connectivity index (χ4v) is 3.37. The van der Waals surface area contributed by atoms with Crippen LogP contribution in [0.25, 0.3) is 17.2 Å². The maximum absolute atomic E-state index is 11.1. The average molecular weight is 281 g/mol. The molecule has 2 nitrogen and oxygen atoms in total. The number of hydrogen-bond donors (Lipinski definition) is 1. The first-order valence-corrected chi connectivity index (χ1v) is 7.46. The minimum atomic E-state index is -0.254. The van der Waals surface area contributed by atoms with Crippen LogP contribution in [0, 0.1) is 0 Å². The van der Waals surface area contributed by atoms with Crippen molar-refractivity contribution in [3.8, 4) is 11.1 Å². The van der Waals surface area contributed by atoms with E-state index in [1.165, 1.54) is 27.1 Å². The number of amides is 1. The highest BCUT2D eigenvalue weighted by molar-refractivity contribution is 8.02. The lowest BCUT2D eigenvalue weighted by Gasteiger charge is -2.14. The van der Waals surface area contributed by atoms with Crippen LogP contribution in [-0.4, -0.2) is 5.91 Å². The van der Waals surface area contributed by atoms with Crippen molar-refractivity contribution in [1.82, 2.24) is 0 Å². The van der Waals surface area contributed by atoms with Crippen LogP contribution in [0.1, 0.15) is 17.5 Å². The van der Waals surface area contributed by atoms with E-state index in [4.69, 9.17) is 5.73 Å². The molecule has 1 aliphatic heterocycles. The largest absolute Gasteiger partial charge is 0.370 e. The first kappa shape index (κ1) is 13.0. The molecule has 100 valence electrons. The molecule has 1 amide bonds. The van der Waals surface area contributed by atoms with Crippen LogP contribution < -0.4 is 5.73 Å². The van der Waals surface area contributed by atoms with Crippen LogP contribution in [0.15, 0.2) is 52.8 Å². The van der Waals surface area contributed by atoms with E-state index in [1.54, 1.807) is 11.8 Å². The van der Waals surface area contributed by atoms with Gasteiger partial charge in [0.15, 0.2) is 0 Å². The topological polar surface area (TPSA) is 43.1 Å². The molecule has 0 spiro atoms. The number of primary amides is 1. The predicted molar refractivity (Wildman–Crippen MR) is 84.3 cm³/mol. The minimum absolute atomic E-state index is 0.254. The lowest BCUT2D eigenvalue weighted by atomic mass is 9.93. The predicted octanol–water partition coefficient (Wildman–Crippen LogP) is 3.85. The molecule has 1 aliphatic rings. The Balaban J connectivity index is 2.14. The average Bonchev–Trinajstić information content (AvgIpc) is 2.64. The number of fused-ring (bicyclic) bond motifs is 3. The van der Waals surface area contributed by atoms with E-state index < -0.39 is 0 Å². The van der Waals surface area contributed by atoms with Gasteiger partial charge in [0.1, 0.15) is 0 Å². The molecule has 0 aromatic heterocycles. The fourth-order valence-electron chi connectivity index (χ4n) is 2.50. The Bertz CT molecular complexity index is 691. The van der Waals surface area contributed by atoms with Crippen molar-refractivity contribution in [1.29, 1.82) is 0 Å². The first-order chi connectivity index (χ1) is 9.75. The minimum Gasteiger partial charge on any atom is -0.370 e. The Hall–Kier alpha value is -2.00. The standard InChI is InChI=1S/C17H15NOS/c18-16(19)9-8-13-5-3-7-15-17(13)14-6-2-1-4-12(14)10-11-20-15/h1-7,10-11H,8-9H2,(H2,18,19). The number of rotatable bonds is 3. The number of nitrogens with two attached hydrogens (primary N) is 1. The van der Waals surface area contributed by atoms with Gasteiger partial charge in [0.2, 0.25) is 5.91 Å². The van der Waals surface area contributed by atoms with Crippen molar-refractivity contribution in [3.63, 3.8) is 0 Å². The second-order valence-corrected chi connectivity index (χ2v) is 5.71. The second-order valence-electron chi connectivity index (χ2n) is 4.76. The van der Waals surface area contributed by atoms with E-state index in [0.717, 1.165) is 0 Å². The molecule has 3 rings (SSSR count). The zero-order valence-electron chi connectivity index (χ0n) is 11.0. The molecule has 2 N–H and O–H groups in total. The fraction of sp³-hybridized carbons (Fsp3) is 0.118. The van der Waals surface area contributed by atoms with Crippen LogP contribution >= 0.6 is 11.8 Å². The van der Waals surface area contributed by atoms with Crippen molar-refractivity contribution < 1.29 is 4.79 Å². The van der Waals surface area contributed by atoms with E-state index >= 15 is 0 Å². The summed E-state index contributed by atoms with van der Waals surface area (Å²) in [5, 5.41) is 2.11. The SMILES string of the molecule is NC(=O)CCc1cccc2c1-c1ccccc1C=CS2. The Morgan fingerprint density at radius 2 is 1.95 bits per heavy atom. The summed E-state index contributed by atoms with van der Waals surface area (Å²) >= 11 is 1.72. The van der Waals surface area contributed by atoms with E-state index in [-0.39, 0.29) is 5.91 Å².